The second-order valence-electron chi connectivity index (χ2n) is 7.71. The number of halogens is 1. The summed E-state index contributed by atoms with van der Waals surface area (Å²) >= 11 is 1.56. The van der Waals surface area contributed by atoms with Crippen molar-refractivity contribution in [3.8, 4) is 16.5 Å². The van der Waals surface area contributed by atoms with Gasteiger partial charge in [-0.15, -0.1) is 11.3 Å². The molecule has 0 radical (unpaired) electrons. The Bertz CT molecular complexity index is 979. The Morgan fingerprint density at radius 2 is 2.31 bits per heavy atom. The van der Waals surface area contributed by atoms with Gasteiger partial charge in [-0.2, -0.15) is 5.26 Å². The molecule has 0 spiro atoms. The number of thiophene rings is 1. The molecular formula is C22H23FN4OS. The molecule has 2 heterocycles. The van der Waals surface area contributed by atoms with Gasteiger partial charge in [0.15, 0.2) is 0 Å². The van der Waals surface area contributed by atoms with Crippen LogP contribution in [0.15, 0.2) is 35.3 Å². The SMILES string of the molecule is CN=C[C@H](Cc1ccc(-c2ccc(C#N)c(F)c2)s1)NC(=O)[C@H]1N[C@@H]2CC[C@H]1C2. The minimum atomic E-state index is -0.512. The average molecular weight is 411 g/mol. The van der Waals surface area contributed by atoms with Crippen LogP contribution in [0.3, 0.4) is 0 Å². The van der Waals surface area contributed by atoms with E-state index in [-0.39, 0.29) is 23.6 Å². The summed E-state index contributed by atoms with van der Waals surface area (Å²) in [5, 5.41) is 15.4. The second kappa shape index (κ2) is 8.44. The fourth-order valence-corrected chi connectivity index (χ4v) is 5.42. The molecule has 7 heteroatoms. The molecule has 5 nitrogen and oxygen atoms in total. The highest BCUT2D eigenvalue weighted by atomic mass is 32.1. The smallest absolute Gasteiger partial charge is 0.237 e. The number of hydrogen-bond acceptors (Lipinski definition) is 5. The summed E-state index contributed by atoms with van der Waals surface area (Å²) in [6.45, 7) is 0. The van der Waals surface area contributed by atoms with Gasteiger partial charge in [-0.25, -0.2) is 4.39 Å². The number of benzene rings is 1. The van der Waals surface area contributed by atoms with Gasteiger partial charge in [0.25, 0.3) is 0 Å². The minimum absolute atomic E-state index is 0.0432. The van der Waals surface area contributed by atoms with Crippen molar-refractivity contribution in [2.45, 2.75) is 43.8 Å². The van der Waals surface area contributed by atoms with Crippen LogP contribution in [0.25, 0.3) is 10.4 Å². The molecule has 4 atom stereocenters. The number of rotatable bonds is 6. The van der Waals surface area contributed by atoms with Crippen molar-refractivity contribution in [2.24, 2.45) is 10.9 Å². The van der Waals surface area contributed by atoms with Gasteiger partial charge in [-0.1, -0.05) is 6.07 Å². The van der Waals surface area contributed by atoms with Gasteiger partial charge < -0.3 is 10.6 Å². The van der Waals surface area contributed by atoms with E-state index in [0.29, 0.717) is 18.4 Å². The van der Waals surface area contributed by atoms with E-state index < -0.39 is 5.82 Å². The molecule has 0 unspecified atom stereocenters. The standard InChI is InChI=1S/C22H23FN4OS/c1-25-12-17(27-22(28)21-14-4-5-16(8-14)26-21)10-18-6-7-20(29-18)13-2-3-15(11-24)19(23)9-13/h2-3,6-7,9,12,14,16-17,21,26H,4-5,8,10H2,1H3,(H,27,28)/t14-,16+,17-,21-/m0/s1. The maximum Gasteiger partial charge on any atom is 0.237 e. The van der Waals surface area contributed by atoms with Crippen LogP contribution in [-0.4, -0.2) is 37.3 Å². The van der Waals surface area contributed by atoms with E-state index >= 15 is 0 Å². The van der Waals surface area contributed by atoms with Crippen LogP contribution in [-0.2, 0) is 11.2 Å². The summed E-state index contributed by atoms with van der Waals surface area (Å²) in [5.74, 6) is -0.0200. The summed E-state index contributed by atoms with van der Waals surface area (Å²) in [7, 11) is 1.70. The predicted octanol–water partition coefficient (Wildman–Crippen LogP) is 3.29. The van der Waals surface area contributed by atoms with Crippen LogP contribution in [0.2, 0.25) is 0 Å². The summed E-state index contributed by atoms with van der Waals surface area (Å²) in [6.07, 6.45) is 5.79. The van der Waals surface area contributed by atoms with Gasteiger partial charge in [0.2, 0.25) is 5.91 Å². The molecule has 1 aliphatic heterocycles. The molecule has 4 rings (SSSR count). The summed E-state index contributed by atoms with van der Waals surface area (Å²) in [5.41, 5.74) is 0.787. The van der Waals surface area contributed by atoms with E-state index in [1.54, 1.807) is 30.7 Å². The van der Waals surface area contributed by atoms with Crippen LogP contribution in [0.5, 0.6) is 0 Å². The Balaban J connectivity index is 1.43. The molecule has 2 aromatic rings. The Labute approximate surface area is 173 Å². The van der Waals surface area contributed by atoms with Crippen LogP contribution in [0.1, 0.15) is 29.7 Å². The molecule has 2 bridgehead atoms. The fraction of sp³-hybridized carbons (Fsp3) is 0.409. The highest BCUT2D eigenvalue weighted by Gasteiger charge is 2.42. The zero-order chi connectivity index (χ0) is 20.4. The van der Waals surface area contributed by atoms with Crippen LogP contribution in [0, 0.1) is 23.1 Å². The summed E-state index contributed by atoms with van der Waals surface area (Å²) in [4.78, 5) is 18.9. The number of aliphatic imine (C=N–C) groups is 1. The normalized spacial score (nSPS) is 24.0. The highest BCUT2D eigenvalue weighted by molar-refractivity contribution is 7.15. The molecule has 1 aliphatic carbocycles. The van der Waals surface area contributed by atoms with Gasteiger partial charge in [-0.3, -0.25) is 9.79 Å². The number of nitriles is 1. The molecule has 1 aromatic carbocycles. The molecule has 2 N–H and O–H groups in total. The third-order valence-electron chi connectivity index (χ3n) is 5.76. The van der Waals surface area contributed by atoms with Crippen molar-refractivity contribution in [2.75, 3.05) is 7.05 Å². The number of amides is 1. The lowest BCUT2D eigenvalue weighted by molar-refractivity contribution is -0.124. The summed E-state index contributed by atoms with van der Waals surface area (Å²) in [6, 6.07) is 10.6. The highest BCUT2D eigenvalue weighted by Crippen LogP contribution is 2.35. The van der Waals surface area contributed by atoms with Crippen LogP contribution < -0.4 is 10.6 Å². The monoisotopic (exact) mass is 410 g/mol. The Morgan fingerprint density at radius 3 is 2.97 bits per heavy atom. The first-order valence-electron chi connectivity index (χ1n) is 9.85. The first kappa shape index (κ1) is 19.7. The van der Waals surface area contributed by atoms with Crippen molar-refractivity contribution in [1.29, 1.82) is 5.26 Å². The van der Waals surface area contributed by atoms with E-state index in [0.717, 1.165) is 28.2 Å². The van der Waals surface area contributed by atoms with Crippen molar-refractivity contribution < 1.29 is 9.18 Å². The predicted molar refractivity (Wildman–Crippen MR) is 113 cm³/mol. The molecule has 1 saturated carbocycles. The minimum Gasteiger partial charge on any atom is -0.347 e. The topological polar surface area (TPSA) is 77.3 Å². The largest absolute Gasteiger partial charge is 0.347 e. The van der Waals surface area contributed by atoms with Gasteiger partial charge >= 0.3 is 0 Å². The number of fused-ring (bicyclic) bond motifs is 2. The molecule has 2 fully saturated rings. The zero-order valence-corrected chi connectivity index (χ0v) is 17.0. The van der Waals surface area contributed by atoms with Crippen molar-refractivity contribution in [3.63, 3.8) is 0 Å². The van der Waals surface area contributed by atoms with Crippen LogP contribution >= 0.6 is 11.3 Å². The van der Waals surface area contributed by atoms with Gasteiger partial charge in [0.1, 0.15) is 11.9 Å². The molecule has 1 saturated heterocycles. The third kappa shape index (κ3) is 4.24. The first-order valence-corrected chi connectivity index (χ1v) is 10.7. The lowest BCUT2D eigenvalue weighted by Crippen LogP contribution is -2.51. The molecule has 1 aromatic heterocycles. The van der Waals surface area contributed by atoms with Gasteiger partial charge in [0.05, 0.1) is 17.6 Å². The van der Waals surface area contributed by atoms with E-state index in [1.807, 2.05) is 18.2 Å². The molecule has 2 aliphatic rings. The molecule has 1 amide bonds. The number of carbonyl (C=O) groups excluding carboxylic acids is 1. The van der Waals surface area contributed by atoms with Crippen LogP contribution in [0.4, 0.5) is 4.39 Å². The number of carbonyl (C=O) groups is 1. The average Bonchev–Trinajstić information content (AvgIpc) is 3.45. The fourth-order valence-electron chi connectivity index (χ4n) is 4.36. The van der Waals surface area contributed by atoms with Crippen molar-refractivity contribution in [1.82, 2.24) is 10.6 Å². The van der Waals surface area contributed by atoms with E-state index in [2.05, 4.69) is 15.6 Å². The zero-order valence-electron chi connectivity index (χ0n) is 16.2. The van der Waals surface area contributed by atoms with Gasteiger partial charge in [-0.05, 0) is 55.0 Å². The quantitative estimate of drug-likeness (QED) is 0.718. The number of nitrogens with one attached hydrogen (secondary N) is 2. The maximum absolute atomic E-state index is 13.9. The molecule has 150 valence electrons. The maximum atomic E-state index is 13.9. The molecular weight excluding hydrogens is 387 g/mol. The Kier molecular flexibility index (Phi) is 5.74. The number of hydrogen-bond donors (Lipinski definition) is 2. The molecule has 29 heavy (non-hydrogen) atoms. The van der Waals surface area contributed by atoms with E-state index in [9.17, 15) is 9.18 Å². The van der Waals surface area contributed by atoms with E-state index in [1.165, 1.54) is 18.6 Å². The number of piperidine rings is 1. The number of nitrogens with zero attached hydrogens (tertiary/aromatic N) is 2. The van der Waals surface area contributed by atoms with Crippen molar-refractivity contribution >= 4 is 23.5 Å². The summed E-state index contributed by atoms with van der Waals surface area (Å²) < 4.78 is 13.9. The van der Waals surface area contributed by atoms with Gasteiger partial charge in [0, 0.05) is 35.5 Å². The lowest BCUT2D eigenvalue weighted by atomic mass is 9.99. The van der Waals surface area contributed by atoms with Crippen molar-refractivity contribution in [3.05, 3.63) is 46.6 Å². The lowest BCUT2D eigenvalue weighted by Gasteiger charge is -2.24. The Morgan fingerprint density at radius 1 is 1.45 bits per heavy atom. The van der Waals surface area contributed by atoms with E-state index in [4.69, 9.17) is 5.26 Å². The second-order valence-corrected chi connectivity index (χ2v) is 8.88. The third-order valence-corrected chi connectivity index (χ3v) is 6.91. The Hall–Kier alpha value is -2.56. The first-order chi connectivity index (χ1) is 14.1.